The summed E-state index contributed by atoms with van der Waals surface area (Å²) in [5.41, 5.74) is 1.45. The molecule has 17 heavy (non-hydrogen) atoms. The van der Waals surface area contributed by atoms with E-state index < -0.39 is 12.0 Å². The molecule has 0 spiro atoms. The fraction of sp³-hybridized carbons (Fsp3) is 0.333. The Kier molecular flexibility index (Phi) is 4.51. The lowest BCUT2D eigenvalue weighted by Gasteiger charge is -2.14. The first kappa shape index (κ1) is 13.0. The van der Waals surface area contributed by atoms with E-state index in [0.29, 0.717) is 5.69 Å². The van der Waals surface area contributed by atoms with E-state index in [2.05, 4.69) is 10.6 Å². The molecule has 1 unspecified atom stereocenters. The Bertz CT molecular complexity index is 418. The summed E-state index contributed by atoms with van der Waals surface area (Å²) in [5.74, 6) is -1.04. The number of nitrogens with one attached hydrogen (secondary N) is 2. The number of rotatable bonds is 5. The number of carbonyl (C=O) groups is 2. The van der Waals surface area contributed by atoms with Crippen LogP contribution in [0.4, 0.5) is 5.69 Å². The van der Waals surface area contributed by atoms with Crippen LogP contribution in [0.5, 0.6) is 0 Å². The summed E-state index contributed by atoms with van der Waals surface area (Å²) in [4.78, 5) is 22.0. The zero-order chi connectivity index (χ0) is 12.8. The highest BCUT2D eigenvalue weighted by atomic mass is 16.4. The van der Waals surface area contributed by atoms with E-state index in [9.17, 15) is 9.59 Å². The number of carbonyl (C=O) groups excluding carboxylic acids is 1. The molecule has 0 aliphatic carbocycles. The van der Waals surface area contributed by atoms with Crippen molar-refractivity contribution in [1.82, 2.24) is 5.32 Å². The maximum Gasteiger partial charge on any atom is 0.325 e. The smallest absolute Gasteiger partial charge is 0.325 e. The topological polar surface area (TPSA) is 78.4 Å². The van der Waals surface area contributed by atoms with Gasteiger partial charge in [0.25, 0.3) is 0 Å². The largest absolute Gasteiger partial charge is 0.480 e. The van der Waals surface area contributed by atoms with E-state index in [4.69, 9.17) is 5.11 Å². The first-order valence-corrected chi connectivity index (χ1v) is 5.32. The normalized spacial score (nSPS) is 11.6. The Morgan fingerprint density at radius 1 is 1.35 bits per heavy atom. The van der Waals surface area contributed by atoms with Crippen molar-refractivity contribution in [2.45, 2.75) is 19.4 Å². The molecule has 3 N–H and O–H groups in total. The van der Waals surface area contributed by atoms with E-state index in [1.165, 1.54) is 0 Å². The Hall–Kier alpha value is -2.04. The molecule has 0 aliphatic rings. The van der Waals surface area contributed by atoms with Crippen LogP contribution in [0.25, 0.3) is 0 Å². The van der Waals surface area contributed by atoms with Gasteiger partial charge in [0.1, 0.15) is 6.04 Å². The Morgan fingerprint density at radius 3 is 2.59 bits per heavy atom. The molecule has 0 aromatic heterocycles. The summed E-state index contributed by atoms with van der Waals surface area (Å²) in [6.45, 7) is 1.55. The monoisotopic (exact) mass is 236 g/mol. The van der Waals surface area contributed by atoms with Crippen molar-refractivity contribution in [3.05, 3.63) is 29.8 Å². The summed E-state index contributed by atoms with van der Waals surface area (Å²) >= 11 is 0. The number of carboxylic acid groups (broad SMARTS) is 1. The molecule has 0 heterocycles. The maximum atomic E-state index is 11.3. The molecule has 1 atom stereocenters. The van der Waals surface area contributed by atoms with E-state index >= 15 is 0 Å². The molecule has 5 nitrogen and oxygen atoms in total. The van der Waals surface area contributed by atoms with Crippen molar-refractivity contribution in [3.63, 3.8) is 0 Å². The molecular formula is C12H16N2O3. The number of para-hydroxylation sites is 1. The molecule has 0 saturated carbocycles. The second-order valence-electron chi connectivity index (χ2n) is 3.71. The summed E-state index contributed by atoms with van der Waals surface area (Å²) in [7, 11) is 1.57. The maximum absolute atomic E-state index is 11.3. The first-order valence-electron chi connectivity index (χ1n) is 5.32. The Morgan fingerprint density at radius 2 is 2.00 bits per heavy atom. The minimum Gasteiger partial charge on any atom is -0.480 e. The predicted molar refractivity (Wildman–Crippen MR) is 64.9 cm³/mol. The van der Waals surface area contributed by atoms with Gasteiger partial charge in [-0.25, -0.2) is 0 Å². The van der Waals surface area contributed by atoms with Gasteiger partial charge in [0.15, 0.2) is 0 Å². The van der Waals surface area contributed by atoms with Crippen molar-refractivity contribution in [3.8, 4) is 0 Å². The average Bonchev–Trinajstić information content (AvgIpc) is 2.31. The van der Waals surface area contributed by atoms with Crippen molar-refractivity contribution < 1.29 is 14.7 Å². The number of anilines is 1. The standard InChI is InChI=1S/C12H16N2O3/c1-8(12(16)17)14-10-6-4-3-5-9(10)7-11(15)13-2/h3-6,8,14H,7H2,1-2H3,(H,13,15)(H,16,17). The summed E-state index contributed by atoms with van der Waals surface area (Å²) in [5, 5.41) is 14.2. The van der Waals surface area contributed by atoms with E-state index in [1.807, 2.05) is 6.07 Å². The number of aliphatic carboxylic acids is 1. The molecule has 0 fully saturated rings. The van der Waals surface area contributed by atoms with Crippen LogP contribution in [-0.2, 0) is 16.0 Å². The van der Waals surface area contributed by atoms with Crippen molar-refractivity contribution in [2.24, 2.45) is 0 Å². The highest BCUT2D eigenvalue weighted by molar-refractivity contribution is 5.81. The van der Waals surface area contributed by atoms with Crippen LogP contribution in [0.1, 0.15) is 12.5 Å². The molecule has 0 bridgehead atoms. The van der Waals surface area contributed by atoms with Gasteiger partial charge in [-0.1, -0.05) is 18.2 Å². The number of carboxylic acids is 1. The fourth-order valence-corrected chi connectivity index (χ4v) is 1.37. The Labute approximate surface area is 99.8 Å². The number of amides is 1. The molecule has 5 heteroatoms. The molecule has 0 saturated heterocycles. The van der Waals surface area contributed by atoms with Gasteiger partial charge in [-0.05, 0) is 18.6 Å². The second-order valence-corrected chi connectivity index (χ2v) is 3.71. The SMILES string of the molecule is CNC(=O)Cc1ccccc1NC(C)C(=O)O. The molecule has 0 aliphatic heterocycles. The zero-order valence-corrected chi connectivity index (χ0v) is 9.86. The van der Waals surface area contributed by atoms with Crippen molar-refractivity contribution >= 4 is 17.6 Å². The van der Waals surface area contributed by atoms with E-state index in [0.717, 1.165) is 5.56 Å². The zero-order valence-electron chi connectivity index (χ0n) is 9.86. The summed E-state index contributed by atoms with van der Waals surface area (Å²) in [6.07, 6.45) is 0.228. The van der Waals surface area contributed by atoms with Gasteiger partial charge >= 0.3 is 5.97 Å². The lowest BCUT2D eigenvalue weighted by molar-refractivity contribution is -0.137. The fourth-order valence-electron chi connectivity index (χ4n) is 1.37. The number of hydrogen-bond donors (Lipinski definition) is 3. The molecule has 0 radical (unpaired) electrons. The number of hydrogen-bond acceptors (Lipinski definition) is 3. The Balaban J connectivity index is 2.84. The van der Waals surface area contributed by atoms with Gasteiger partial charge in [-0.3, -0.25) is 9.59 Å². The predicted octanol–water partition coefficient (Wildman–Crippen LogP) is 0.860. The third-order valence-corrected chi connectivity index (χ3v) is 2.39. The average molecular weight is 236 g/mol. The second kappa shape index (κ2) is 5.89. The van der Waals surface area contributed by atoms with E-state index in [1.54, 1.807) is 32.2 Å². The minimum atomic E-state index is -0.931. The third kappa shape index (κ3) is 3.79. The minimum absolute atomic E-state index is 0.109. The van der Waals surface area contributed by atoms with Crippen LogP contribution >= 0.6 is 0 Å². The van der Waals surface area contributed by atoms with Crippen LogP contribution in [0, 0.1) is 0 Å². The molecule has 1 aromatic rings. The van der Waals surface area contributed by atoms with Crippen molar-refractivity contribution in [1.29, 1.82) is 0 Å². The third-order valence-electron chi connectivity index (χ3n) is 2.39. The quantitative estimate of drug-likeness (QED) is 0.708. The molecule has 1 amide bonds. The lowest BCUT2D eigenvalue weighted by Crippen LogP contribution is -2.27. The summed E-state index contributed by atoms with van der Waals surface area (Å²) < 4.78 is 0. The van der Waals surface area contributed by atoms with Gasteiger partial charge < -0.3 is 15.7 Å². The van der Waals surface area contributed by atoms with Crippen LogP contribution < -0.4 is 10.6 Å². The first-order chi connectivity index (χ1) is 8.04. The molecule has 1 aromatic carbocycles. The van der Waals surface area contributed by atoms with Gasteiger partial charge in [0.05, 0.1) is 6.42 Å². The van der Waals surface area contributed by atoms with Crippen molar-refractivity contribution in [2.75, 3.05) is 12.4 Å². The highest BCUT2D eigenvalue weighted by Gasteiger charge is 2.13. The van der Waals surface area contributed by atoms with E-state index in [-0.39, 0.29) is 12.3 Å². The lowest BCUT2D eigenvalue weighted by atomic mass is 10.1. The molecule has 1 rings (SSSR count). The van der Waals surface area contributed by atoms with Gasteiger partial charge in [0, 0.05) is 12.7 Å². The number of likely N-dealkylation sites (N-methyl/N-ethyl adjacent to an activating group) is 1. The van der Waals surface area contributed by atoms with Crippen LogP contribution in [0.2, 0.25) is 0 Å². The number of benzene rings is 1. The van der Waals surface area contributed by atoms with Crippen LogP contribution in [0.15, 0.2) is 24.3 Å². The molecular weight excluding hydrogens is 220 g/mol. The van der Waals surface area contributed by atoms with Crippen LogP contribution in [0.3, 0.4) is 0 Å². The highest BCUT2D eigenvalue weighted by Crippen LogP contribution is 2.16. The van der Waals surface area contributed by atoms with Gasteiger partial charge in [-0.2, -0.15) is 0 Å². The van der Waals surface area contributed by atoms with Gasteiger partial charge in [-0.15, -0.1) is 0 Å². The summed E-state index contributed by atoms with van der Waals surface area (Å²) in [6, 6.07) is 6.48. The molecule has 92 valence electrons. The van der Waals surface area contributed by atoms with Gasteiger partial charge in [0.2, 0.25) is 5.91 Å². The van der Waals surface area contributed by atoms with Crippen LogP contribution in [-0.4, -0.2) is 30.1 Å².